The van der Waals surface area contributed by atoms with Gasteiger partial charge in [-0.2, -0.15) is 0 Å². The molecule has 2 fully saturated rings. The van der Waals surface area contributed by atoms with Crippen LogP contribution in [-0.2, 0) is 0 Å². The SMILES string of the molecule is CCNC(CC)c1ccccc1N(CC1CC1)CC1CC1. The molecule has 2 saturated carbocycles. The van der Waals surface area contributed by atoms with Crippen LogP contribution in [0.25, 0.3) is 0 Å². The second-order valence-corrected chi connectivity index (χ2v) is 6.87. The Balaban J connectivity index is 1.82. The van der Waals surface area contributed by atoms with Gasteiger partial charge >= 0.3 is 0 Å². The molecule has 2 heteroatoms. The Morgan fingerprint density at radius 3 is 2.19 bits per heavy atom. The van der Waals surface area contributed by atoms with Crippen LogP contribution in [0.1, 0.15) is 57.6 Å². The molecule has 2 aliphatic rings. The number of anilines is 1. The van der Waals surface area contributed by atoms with E-state index in [4.69, 9.17) is 0 Å². The molecule has 116 valence electrons. The first-order chi connectivity index (χ1) is 10.3. The molecule has 1 aromatic rings. The lowest BCUT2D eigenvalue weighted by atomic mass is 10.0. The van der Waals surface area contributed by atoms with Crippen molar-refractivity contribution in [1.82, 2.24) is 5.32 Å². The predicted octanol–water partition coefficient (Wildman–Crippen LogP) is 4.37. The lowest BCUT2D eigenvalue weighted by Crippen LogP contribution is -2.31. The first kappa shape index (κ1) is 14.9. The maximum Gasteiger partial charge on any atom is 0.0414 e. The normalized spacial score (nSPS) is 19.5. The Hall–Kier alpha value is -1.02. The standard InChI is InChI=1S/C19H30N2/c1-3-18(20-4-2)17-7-5-6-8-19(17)21(13-15-9-10-15)14-16-11-12-16/h5-8,15-16,18,20H,3-4,9-14H2,1-2H3. The van der Waals surface area contributed by atoms with E-state index in [1.54, 1.807) is 0 Å². The molecule has 0 spiro atoms. The van der Waals surface area contributed by atoms with Crippen molar-refractivity contribution in [3.05, 3.63) is 29.8 Å². The van der Waals surface area contributed by atoms with Crippen LogP contribution in [0.15, 0.2) is 24.3 Å². The fraction of sp³-hybridized carbons (Fsp3) is 0.684. The molecular weight excluding hydrogens is 256 g/mol. The molecule has 1 N–H and O–H groups in total. The average molecular weight is 286 g/mol. The summed E-state index contributed by atoms with van der Waals surface area (Å²) in [6, 6.07) is 9.58. The minimum absolute atomic E-state index is 0.493. The Morgan fingerprint density at radius 1 is 1.05 bits per heavy atom. The third-order valence-corrected chi connectivity index (χ3v) is 4.86. The van der Waals surface area contributed by atoms with Gasteiger partial charge in [0.25, 0.3) is 0 Å². The van der Waals surface area contributed by atoms with Crippen molar-refractivity contribution in [3.63, 3.8) is 0 Å². The number of nitrogens with one attached hydrogen (secondary N) is 1. The van der Waals surface area contributed by atoms with E-state index >= 15 is 0 Å². The molecule has 2 nitrogen and oxygen atoms in total. The van der Waals surface area contributed by atoms with Crippen LogP contribution in [0.5, 0.6) is 0 Å². The van der Waals surface area contributed by atoms with Crippen molar-refractivity contribution >= 4 is 5.69 Å². The van der Waals surface area contributed by atoms with Crippen molar-refractivity contribution in [2.45, 2.75) is 52.0 Å². The summed E-state index contributed by atoms with van der Waals surface area (Å²) in [5.41, 5.74) is 2.99. The van der Waals surface area contributed by atoms with Gasteiger partial charge in [0, 0.05) is 24.8 Å². The van der Waals surface area contributed by atoms with Crippen molar-refractivity contribution in [2.24, 2.45) is 11.8 Å². The number of nitrogens with zero attached hydrogens (tertiary/aromatic N) is 1. The van der Waals surface area contributed by atoms with Crippen LogP contribution in [-0.4, -0.2) is 19.6 Å². The fourth-order valence-corrected chi connectivity index (χ4v) is 3.29. The third kappa shape index (κ3) is 4.00. The third-order valence-electron chi connectivity index (χ3n) is 4.86. The van der Waals surface area contributed by atoms with Crippen molar-refractivity contribution in [1.29, 1.82) is 0 Å². The van der Waals surface area contributed by atoms with Crippen LogP contribution >= 0.6 is 0 Å². The Morgan fingerprint density at radius 2 is 1.67 bits per heavy atom. The summed E-state index contributed by atoms with van der Waals surface area (Å²) in [4.78, 5) is 2.70. The fourth-order valence-electron chi connectivity index (χ4n) is 3.29. The summed E-state index contributed by atoms with van der Waals surface area (Å²) in [6.07, 6.45) is 6.91. The molecule has 0 bridgehead atoms. The summed E-state index contributed by atoms with van der Waals surface area (Å²) in [5, 5.41) is 3.66. The minimum Gasteiger partial charge on any atom is -0.371 e. The van der Waals surface area contributed by atoms with Crippen LogP contribution in [0.2, 0.25) is 0 Å². The highest BCUT2D eigenvalue weighted by Crippen LogP contribution is 2.38. The molecule has 0 heterocycles. The number of para-hydroxylation sites is 1. The maximum atomic E-state index is 3.66. The number of rotatable bonds is 9. The highest BCUT2D eigenvalue weighted by atomic mass is 15.1. The molecule has 1 atom stereocenters. The second-order valence-electron chi connectivity index (χ2n) is 6.87. The van der Waals surface area contributed by atoms with E-state index in [1.165, 1.54) is 50.0 Å². The number of benzene rings is 1. The van der Waals surface area contributed by atoms with Crippen LogP contribution in [0, 0.1) is 11.8 Å². The molecule has 0 aliphatic heterocycles. The van der Waals surface area contributed by atoms with Gasteiger partial charge in [0.15, 0.2) is 0 Å². The quantitative estimate of drug-likeness (QED) is 0.725. The van der Waals surface area contributed by atoms with Gasteiger partial charge in [-0.3, -0.25) is 0 Å². The molecule has 0 aromatic heterocycles. The summed E-state index contributed by atoms with van der Waals surface area (Å²) < 4.78 is 0. The molecule has 0 saturated heterocycles. The van der Waals surface area contributed by atoms with Crippen molar-refractivity contribution in [3.8, 4) is 0 Å². The van der Waals surface area contributed by atoms with Gasteiger partial charge in [-0.1, -0.05) is 32.0 Å². The zero-order chi connectivity index (χ0) is 14.7. The van der Waals surface area contributed by atoms with Crippen molar-refractivity contribution in [2.75, 3.05) is 24.5 Å². The maximum absolute atomic E-state index is 3.66. The number of hydrogen-bond donors (Lipinski definition) is 1. The van der Waals surface area contributed by atoms with Crippen LogP contribution in [0.4, 0.5) is 5.69 Å². The minimum atomic E-state index is 0.493. The highest BCUT2D eigenvalue weighted by molar-refractivity contribution is 5.55. The monoisotopic (exact) mass is 286 g/mol. The van der Waals surface area contributed by atoms with E-state index in [1.807, 2.05) is 0 Å². The van der Waals surface area contributed by atoms with E-state index in [9.17, 15) is 0 Å². The first-order valence-electron chi connectivity index (χ1n) is 8.89. The lowest BCUT2D eigenvalue weighted by molar-refractivity contribution is 0.534. The van der Waals surface area contributed by atoms with Gasteiger partial charge in [0.05, 0.1) is 0 Å². The van der Waals surface area contributed by atoms with E-state index in [0.717, 1.165) is 24.8 Å². The summed E-state index contributed by atoms with van der Waals surface area (Å²) in [6.45, 7) is 8.08. The smallest absolute Gasteiger partial charge is 0.0414 e. The molecule has 2 aliphatic carbocycles. The predicted molar refractivity (Wildman–Crippen MR) is 90.8 cm³/mol. The molecule has 0 amide bonds. The molecular formula is C19H30N2. The first-order valence-corrected chi connectivity index (χ1v) is 8.89. The summed E-state index contributed by atoms with van der Waals surface area (Å²) in [5.74, 6) is 1.91. The Kier molecular flexibility index (Phi) is 4.84. The number of hydrogen-bond acceptors (Lipinski definition) is 2. The van der Waals surface area contributed by atoms with Gasteiger partial charge in [-0.15, -0.1) is 0 Å². The van der Waals surface area contributed by atoms with Crippen LogP contribution in [0.3, 0.4) is 0 Å². The summed E-state index contributed by atoms with van der Waals surface area (Å²) in [7, 11) is 0. The van der Waals surface area contributed by atoms with E-state index in [-0.39, 0.29) is 0 Å². The van der Waals surface area contributed by atoms with Gasteiger partial charge < -0.3 is 10.2 Å². The lowest BCUT2D eigenvalue weighted by Gasteiger charge is -2.30. The van der Waals surface area contributed by atoms with E-state index < -0.39 is 0 Å². The Labute approximate surface area is 129 Å². The zero-order valence-corrected chi connectivity index (χ0v) is 13.6. The van der Waals surface area contributed by atoms with Gasteiger partial charge in [-0.25, -0.2) is 0 Å². The molecule has 21 heavy (non-hydrogen) atoms. The molecule has 0 radical (unpaired) electrons. The van der Waals surface area contributed by atoms with Crippen LogP contribution < -0.4 is 10.2 Å². The molecule has 3 rings (SSSR count). The molecule has 1 unspecified atom stereocenters. The average Bonchev–Trinajstić information content (AvgIpc) is 3.40. The topological polar surface area (TPSA) is 15.3 Å². The largest absolute Gasteiger partial charge is 0.371 e. The van der Waals surface area contributed by atoms with Gasteiger partial charge in [-0.05, 0) is 62.1 Å². The van der Waals surface area contributed by atoms with Gasteiger partial charge in [0.2, 0.25) is 0 Å². The summed E-state index contributed by atoms with van der Waals surface area (Å²) >= 11 is 0. The van der Waals surface area contributed by atoms with Gasteiger partial charge in [0.1, 0.15) is 0 Å². The highest BCUT2D eigenvalue weighted by Gasteiger charge is 2.30. The zero-order valence-electron chi connectivity index (χ0n) is 13.6. The van der Waals surface area contributed by atoms with Crippen molar-refractivity contribution < 1.29 is 0 Å². The van der Waals surface area contributed by atoms with E-state index in [0.29, 0.717) is 6.04 Å². The second kappa shape index (κ2) is 6.83. The Bertz CT molecular complexity index is 435. The van der Waals surface area contributed by atoms with E-state index in [2.05, 4.69) is 48.3 Å². The molecule has 1 aromatic carbocycles.